The van der Waals surface area contributed by atoms with Gasteiger partial charge in [-0.15, -0.1) is 0 Å². The molecule has 0 unspecified atom stereocenters. The standard InChI is InChI=1S/O2S.Pb.2H/c1-3-2;;;. The first-order valence-electron chi connectivity index (χ1n) is 0.333. The van der Waals surface area contributed by atoms with Gasteiger partial charge in [0.05, 0.1) is 0 Å². The molecule has 0 aliphatic carbocycles. The quantitative estimate of drug-likeness (QED) is 0.499. The molecule has 0 spiro atoms. The van der Waals surface area contributed by atoms with Gasteiger partial charge in [0, 0.05) is 0 Å². The first kappa shape index (κ1) is 8.83. The predicted molar refractivity (Wildman–Crippen MR) is 17.5 cm³/mol. The van der Waals surface area contributed by atoms with Gasteiger partial charge in [-0.3, -0.25) is 0 Å². The van der Waals surface area contributed by atoms with Crippen molar-refractivity contribution >= 4 is 38.9 Å². The van der Waals surface area contributed by atoms with Crippen LogP contribution in [0.4, 0.5) is 0 Å². The molecule has 0 amide bonds. The van der Waals surface area contributed by atoms with E-state index in [0.717, 1.165) is 0 Å². The number of rotatable bonds is 0. The summed E-state index contributed by atoms with van der Waals surface area (Å²) in [6, 6.07) is 0. The van der Waals surface area contributed by atoms with Crippen molar-refractivity contribution in [2.45, 2.75) is 0 Å². The second kappa shape index (κ2) is 9.27. The summed E-state index contributed by atoms with van der Waals surface area (Å²) in [7, 11) is 0. The van der Waals surface area contributed by atoms with Crippen LogP contribution in [0.5, 0.6) is 0 Å². The minimum atomic E-state index is -0.750. The van der Waals surface area contributed by atoms with Gasteiger partial charge in [0.25, 0.3) is 0 Å². The minimum absolute atomic E-state index is 0. The van der Waals surface area contributed by atoms with Gasteiger partial charge in [0.1, 0.15) is 0 Å². The third-order valence-electron chi connectivity index (χ3n) is 0. The van der Waals surface area contributed by atoms with Crippen molar-refractivity contribution in [3.8, 4) is 0 Å². The van der Waals surface area contributed by atoms with Crippen LogP contribution in [0.1, 0.15) is 0 Å². The van der Waals surface area contributed by atoms with E-state index in [0.29, 0.717) is 0 Å². The van der Waals surface area contributed by atoms with Crippen molar-refractivity contribution in [1.29, 1.82) is 0 Å². The fourth-order valence-corrected chi connectivity index (χ4v) is 0. The van der Waals surface area contributed by atoms with E-state index in [1.54, 1.807) is 0 Å². The van der Waals surface area contributed by atoms with Gasteiger partial charge in [-0.25, -0.2) is 0 Å². The fraction of sp³-hybridized carbons (Fsp3) is 0. The third kappa shape index (κ3) is 15.1. The Labute approximate surface area is 47.3 Å². The molecule has 0 aromatic heterocycles. The first-order valence-corrected chi connectivity index (χ1v) is 1.00. The molecule has 24 valence electrons. The van der Waals surface area contributed by atoms with Crippen molar-refractivity contribution in [2.75, 3.05) is 0 Å². The average Bonchev–Trinajstić information content (AvgIpc) is 0.918. The molecule has 0 aromatic carbocycles. The molecule has 0 atom stereocenters. The topological polar surface area (TPSA) is 34.1 Å². The van der Waals surface area contributed by atoms with E-state index < -0.39 is 11.6 Å². The molecule has 2 nitrogen and oxygen atoms in total. The van der Waals surface area contributed by atoms with E-state index in [1.165, 1.54) is 0 Å². The van der Waals surface area contributed by atoms with Gasteiger partial charge in [-0.2, -0.15) is 8.42 Å². The fourth-order valence-electron chi connectivity index (χ4n) is 0. The average molecular weight is 273 g/mol. The molecular formula is H2O2PbS. The summed E-state index contributed by atoms with van der Waals surface area (Å²) in [4.78, 5) is 0. The summed E-state index contributed by atoms with van der Waals surface area (Å²) in [6.07, 6.45) is 0. The SMILES string of the molecule is O=S=O.[PbH2]. The molecule has 0 bridgehead atoms. The second-order valence-corrected chi connectivity index (χ2v) is 0.204. The van der Waals surface area contributed by atoms with Crippen molar-refractivity contribution in [3.63, 3.8) is 0 Å². The molecule has 0 saturated carbocycles. The number of hydrogen-bond donors (Lipinski definition) is 0. The van der Waals surface area contributed by atoms with E-state index in [9.17, 15) is 0 Å². The van der Waals surface area contributed by atoms with Crippen LogP contribution in [-0.2, 0) is 11.6 Å². The molecule has 0 saturated heterocycles. The summed E-state index contributed by atoms with van der Waals surface area (Å²) in [5.74, 6) is 0. The molecule has 0 aromatic rings. The zero-order valence-electron chi connectivity index (χ0n) is 1.93. The Morgan fingerprint density at radius 3 is 1.25 bits per heavy atom. The predicted octanol–water partition coefficient (Wildman–Crippen LogP) is -1.59. The Hall–Kier alpha value is 0.742. The van der Waals surface area contributed by atoms with E-state index in [-0.39, 0.29) is 27.3 Å². The molecule has 0 aliphatic heterocycles. The Bertz CT molecular complexity index is 27.0. The molecule has 4 heavy (non-hydrogen) atoms. The van der Waals surface area contributed by atoms with E-state index >= 15 is 0 Å². The van der Waals surface area contributed by atoms with Crippen LogP contribution in [0, 0.1) is 0 Å². The van der Waals surface area contributed by atoms with Crippen molar-refractivity contribution in [3.05, 3.63) is 0 Å². The Kier molecular flexibility index (Phi) is 20.5. The third-order valence-corrected chi connectivity index (χ3v) is 0. The summed E-state index contributed by atoms with van der Waals surface area (Å²) >= 11 is -0.750. The molecule has 0 heterocycles. The molecule has 0 aliphatic rings. The first-order chi connectivity index (χ1) is 1.41. The maximum absolute atomic E-state index is 8.29. The maximum atomic E-state index is 8.29. The van der Waals surface area contributed by atoms with E-state index in [4.69, 9.17) is 8.42 Å². The normalized spacial score (nSPS) is 3.00. The van der Waals surface area contributed by atoms with Crippen molar-refractivity contribution in [1.82, 2.24) is 0 Å². The summed E-state index contributed by atoms with van der Waals surface area (Å²) in [6.45, 7) is 0. The van der Waals surface area contributed by atoms with Gasteiger partial charge in [0.2, 0.25) is 0 Å². The van der Waals surface area contributed by atoms with Crippen LogP contribution in [0.25, 0.3) is 0 Å². The van der Waals surface area contributed by atoms with Crippen molar-refractivity contribution in [2.24, 2.45) is 0 Å². The molecule has 0 N–H and O–H groups in total. The van der Waals surface area contributed by atoms with Gasteiger partial charge in [-0.05, 0) is 0 Å². The van der Waals surface area contributed by atoms with Gasteiger partial charge < -0.3 is 0 Å². The summed E-state index contributed by atoms with van der Waals surface area (Å²) in [5.41, 5.74) is 0. The zero-order valence-corrected chi connectivity index (χ0v) is 8.25. The Balaban J connectivity index is 0. The summed E-state index contributed by atoms with van der Waals surface area (Å²) in [5, 5.41) is 0. The molecule has 2 radical (unpaired) electrons. The van der Waals surface area contributed by atoms with Crippen LogP contribution < -0.4 is 0 Å². The zero-order chi connectivity index (χ0) is 2.71. The van der Waals surface area contributed by atoms with Gasteiger partial charge >= 0.3 is 38.9 Å². The molecule has 0 fully saturated rings. The monoisotopic (exact) mass is 274 g/mol. The van der Waals surface area contributed by atoms with Crippen LogP contribution >= 0.6 is 0 Å². The molecule has 0 rings (SSSR count). The van der Waals surface area contributed by atoms with Crippen LogP contribution in [0.3, 0.4) is 0 Å². The van der Waals surface area contributed by atoms with Crippen LogP contribution in [0.15, 0.2) is 0 Å². The van der Waals surface area contributed by atoms with Gasteiger partial charge in [0.15, 0.2) is 0 Å². The van der Waals surface area contributed by atoms with E-state index in [2.05, 4.69) is 0 Å². The second-order valence-electron chi connectivity index (χ2n) is 0.0680. The van der Waals surface area contributed by atoms with E-state index in [1.807, 2.05) is 0 Å². The Morgan fingerprint density at radius 2 is 1.25 bits per heavy atom. The van der Waals surface area contributed by atoms with Crippen molar-refractivity contribution < 1.29 is 8.42 Å². The molecular weight excluding hydrogens is 271 g/mol. The number of hydrogen-bond acceptors (Lipinski definition) is 2. The van der Waals surface area contributed by atoms with Gasteiger partial charge in [-0.1, -0.05) is 0 Å². The van der Waals surface area contributed by atoms with Crippen LogP contribution in [0.2, 0.25) is 0 Å². The van der Waals surface area contributed by atoms with Crippen LogP contribution in [-0.4, -0.2) is 35.7 Å². The Morgan fingerprint density at radius 1 is 1.25 bits per heavy atom. The summed E-state index contributed by atoms with van der Waals surface area (Å²) < 4.78 is 16.6. The molecule has 4 heteroatoms.